The van der Waals surface area contributed by atoms with E-state index in [0.29, 0.717) is 23.0 Å². The molecule has 2 fully saturated rings. The van der Waals surface area contributed by atoms with Gasteiger partial charge in [0.2, 0.25) is 0 Å². The largest absolute Gasteiger partial charge is 0.495 e. The number of anilines is 2. The Bertz CT molecular complexity index is 1620. The van der Waals surface area contributed by atoms with Gasteiger partial charge in [0.1, 0.15) is 11.6 Å². The molecule has 2 saturated heterocycles. The van der Waals surface area contributed by atoms with Crippen LogP contribution >= 0.6 is 11.3 Å². The Morgan fingerprint density at radius 1 is 0.977 bits per heavy atom. The lowest BCUT2D eigenvalue weighted by Gasteiger charge is -2.39. The summed E-state index contributed by atoms with van der Waals surface area (Å²) < 4.78 is 7.20. The molecule has 2 aliphatic heterocycles. The van der Waals surface area contributed by atoms with Gasteiger partial charge in [0.25, 0.3) is 5.91 Å². The van der Waals surface area contributed by atoms with Gasteiger partial charge in [-0.1, -0.05) is 50.6 Å². The highest BCUT2D eigenvalue weighted by Crippen LogP contribution is 2.42. The molecule has 4 aromatic rings. The third-order valence-corrected chi connectivity index (χ3v) is 9.60. The Morgan fingerprint density at radius 3 is 2.30 bits per heavy atom. The van der Waals surface area contributed by atoms with Crippen LogP contribution in [0, 0.1) is 12.8 Å². The van der Waals surface area contributed by atoms with Crippen LogP contribution in [0.4, 0.5) is 16.3 Å². The summed E-state index contributed by atoms with van der Waals surface area (Å²) in [5.74, 6) is 1.93. The molecule has 2 bridgehead atoms. The Balaban J connectivity index is 1.07. The fourth-order valence-electron chi connectivity index (χ4n) is 6.58. The summed E-state index contributed by atoms with van der Waals surface area (Å²) in [6, 6.07) is 18.4. The second-order valence-electron chi connectivity index (χ2n) is 13.2. The highest BCUT2D eigenvalue weighted by Gasteiger charge is 2.44. The number of thiophene rings is 1. The number of nitrogens with one attached hydrogen (secondary N) is 2. The zero-order valence-electron chi connectivity index (χ0n) is 26.1. The molecule has 3 amide bonds. The summed E-state index contributed by atoms with van der Waals surface area (Å²) in [5.41, 5.74) is 5.45. The molecule has 0 aliphatic carbocycles. The topological polar surface area (TPSA) is 88.5 Å². The van der Waals surface area contributed by atoms with E-state index in [4.69, 9.17) is 9.84 Å². The van der Waals surface area contributed by atoms with Gasteiger partial charge >= 0.3 is 6.03 Å². The standard InChI is InChI=1S/C35H41N5O3S/c1-22-6-12-26(13-7-22)40-32(19-31(38-40)35(2,3)4)37-34(42)36-25-10-8-23(9-11-25)16-24-17-27-14-15-28(18-24)39(27)33(41)29-20-44-21-30(29)43-5/h6-13,19-21,24,27-28H,14-18H2,1-5H3,(H2,36,37,42). The number of urea groups is 1. The van der Waals surface area contributed by atoms with E-state index >= 15 is 0 Å². The molecule has 2 N–H and O–H groups in total. The normalized spacial score (nSPS) is 19.6. The van der Waals surface area contributed by atoms with Crippen LogP contribution in [0.3, 0.4) is 0 Å². The van der Waals surface area contributed by atoms with E-state index in [1.54, 1.807) is 11.8 Å². The molecule has 230 valence electrons. The first-order chi connectivity index (χ1) is 21.1. The van der Waals surface area contributed by atoms with Crippen LogP contribution in [0.2, 0.25) is 0 Å². The van der Waals surface area contributed by atoms with Crippen LogP contribution in [0.25, 0.3) is 5.69 Å². The first-order valence-electron chi connectivity index (χ1n) is 15.4. The average Bonchev–Trinajstić information content (AvgIpc) is 3.70. The maximum Gasteiger partial charge on any atom is 0.324 e. The molecule has 0 radical (unpaired) electrons. The predicted molar refractivity (Wildman–Crippen MR) is 176 cm³/mol. The quantitative estimate of drug-likeness (QED) is 0.223. The van der Waals surface area contributed by atoms with E-state index in [-0.39, 0.29) is 29.4 Å². The minimum Gasteiger partial charge on any atom is -0.495 e. The fourth-order valence-corrected chi connectivity index (χ4v) is 7.35. The van der Waals surface area contributed by atoms with Crippen molar-refractivity contribution in [3.05, 3.63) is 87.7 Å². The molecule has 2 atom stereocenters. The predicted octanol–water partition coefficient (Wildman–Crippen LogP) is 7.82. The molecular formula is C35H41N5O3S. The van der Waals surface area contributed by atoms with Gasteiger partial charge in [-0.2, -0.15) is 5.10 Å². The van der Waals surface area contributed by atoms with Gasteiger partial charge in [0.05, 0.1) is 24.1 Å². The van der Waals surface area contributed by atoms with Crippen molar-refractivity contribution >= 4 is 34.8 Å². The van der Waals surface area contributed by atoms with Gasteiger partial charge in [0, 0.05) is 40.0 Å². The number of hydrogen-bond donors (Lipinski definition) is 2. The zero-order valence-corrected chi connectivity index (χ0v) is 26.9. The number of piperidine rings is 1. The monoisotopic (exact) mass is 611 g/mol. The summed E-state index contributed by atoms with van der Waals surface area (Å²) in [7, 11) is 1.62. The summed E-state index contributed by atoms with van der Waals surface area (Å²) in [6.45, 7) is 8.37. The Morgan fingerprint density at radius 2 is 1.66 bits per heavy atom. The minimum absolute atomic E-state index is 0.110. The first-order valence-corrected chi connectivity index (χ1v) is 16.3. The van der Waals surface area contributed by atoms with Crippen molar-refractivity contribution in [3.63, 3.8) is 0 Å². The van der Waals surface area contributed by atoms with E-state index in [1.165, 1.54) is 16.9 Å². The number of aromatic nitrogens is 2. The molecule has 8 nitrogen and oxygen atoms in total. The highest BCUT2D eigenvalue weighted by atomic mass is 32.1. The Labute approximate surface area is 263 Å². The van der Waals surface area contributed by atoms with E-state index in [0.717, 1.165) is 54.7 Å². The molecule has 44 heavy (non-hydrogen) atoms. The smallest absolute Gasteiger partial charge is 0.324 e. The van der Waals surface area contributed by atoms with Crippen molar-refractivity contribution in [1.82, 2.24) is 14.7 Å². The van der Waals surface area contributed by atoms with Crippen LogP contribution in [-0.2, 0) is 11.8 Å². The molecule has 9 heteroatoms. The SMILES string of the molecule is COc1cscc1C(=O)N1C2CCC1CC(Cc1ccc(NC(=O)Nc3cc(C(C)(C)C)nn3-c3ccc(C)cc3)cc1)C2. The van der Waals surface area contributed by atoms with Gasteiger partial charge in [-0.3, -0.25) is 10.1 Å². The molecule has 2 unspecified atom stereocenters. The second-order valence-corrected chi connectivity index (χ2v) is 13.9. The lowest BCUT2D eigenvalue weighted by molar-refractivity contribution is 0.0522. The van der Waals surface area contributed by atoms with Gasteiger partial charge in [-0.25, -0.2) is 9.48 Å². The number of carbonyl (C=O) groups is 2. The molecule has 2 aliphatic rings. The number of benzene rings is 2. The average molecular weight is 612 g/mol. The number of carbonyl (C=O) groups excluding carboxylic acids is 2. The third kappa shape index (κ3) is 6.24. The molecule has 0 spiro atoms. The number of ether oxygens (including phenoxy) is 1. The van der Waals surface area contributed by atoms with Crippen molar-refractivity contribution in [2.24, 2.45) is 5.92 Å². The minimum atomic E-state index is -0.317. The molecule has 6 rings (SSSR count). The molecule has 0 saturated carbocycles. The third-order valence-electron chi connectivity index (χ3n) is 8.88. The van der Waals surface area contributed by atoms with Crippen LogP contribution in [-0.4, -0.2) is 45.8 Å². The molecule has 2 aromatic heterocycles. The lowest BCUT2D eigenvalue weighted by Crippen LogP contribution is -2.46. The van der Waals surface area contributed by atoms with E-state index in [2.05, 4.69) is 48.4 Å². The maximum atomic E-state index is 13.4. The summed E-state index contributed by atoms with van der Waals surface area (Å²) in [5, 5.41) is 14.6. The van der Waals surface area contributed by atoms with Gasteiger partial charge in [0.15, 0.2) is 0 Å². The van der Waals surface area contributed by atoms with Crippen molar-refractivity contribution in [3.8, 4) is 11.4 Å². The van der Waals surface area contributed by atoms with Gasteiger partial charge in [-0.05, 0) is 74.8 Å². The van der Waals surface area contributed by atoms with E-state index in [9.17, 15) is 9.59 Å². The second kappa shape index (κ2) is 12.1. The first kappa shape index (κ1) is 29.9. The van der Waals surface area contributed by atoms with Crippen LogP contribution < -0.4 is 15.4 Å². The van der Waals surface area contributed by atoms with Crippen molar-refractivity contribution in [2.75, 3.05) is 17.7 Å². The summed E-state index contributed by atoms with van der Waals surface area (Å²) in [6.07, 6.45) is 5.13. The number of nitrogens with zero attached hydrogens (tertiary/aromatic N) is 3. The lowest BCUT2D eigenvalue weighted by atomic mass is 9.85. The van der Waals surface area contributed by atoms with Crippen LogP contribution in [0.15, 0.2) is 65.4 Å². The van der Waals surface area contributed by atoms with E-state index < -0.39 is 0 Å². The number of amides is 3. The molecular weight excluding hydrogens is 570 g/mol. The number of fused-ring (bicyclic) bond motifs is 2. The Hall–Kier alpha value is -4.11. The number of methoxy groups -OCH3 is 1. The number of rotatable bonds is 7. The van der Waals surface area contributed by atoms with Crippen molar-refractivity contribution < 1.29 is 14.3 Å². The van der Waals surface area contributed by atoms with Gasteiger partial charge < -0.3 is 15.0 Å². The van der Waals surface area contributed by atoms with Gasteiger partial charge in [-0.15, -0.1) is 11.3 Å². The van der Waals surface area contributed by atoms with Crippen LogP contribution in [0.1, 0.15) is 73.6 Å². The molecule has 4 heterocycles. The van der Waals surface area contributed by atoms with E-state index in [1.807, 2.05) is 60.1 Å². The summed E-state index contributed by atoms with van der Waals surface area (Å²) in [4.78, 5) is 28.6. The van der Waals surface area contributed by atoms with Crippen molar-refractivity contribution in [2.45, 2.75) is 77.3 Å². The van der Waals surface area contributed by atoms with Crippen molar-refractivity contribution in [1.29, 1.82) is 0 Å². The summed E-state index contributed by atoms with van der Waals surface area (Å²) >= 11 is 1.51. The zero-order chi connectivity index (χ0) is 31.0. The van der Waals surface area contributed by atoms with Crippen LogP contribution in [0.5, 0.6) is 5.75 Å². The Kier molecular flexibility index (Phi) is 8.24. The fraction of sp³-hybridized carbons (Fsp3) is 0.400. The molecule has 2 aromatic carbocycles. The maximum absolute atomic E-state index is 13.4. The highest BCUT2D eigenvalue weighted by molar-refractivity contribution is 7.08. The number of hydrogen-bond acceptors (Lipinski definition) is 5. The number of aryl methyl sites for hydroxylation is 1.